The van der Waals surface area contributed by atoms with Crippen molar-refractivity contribution in [2.24, 2.45) is 0 Å². The molecule has 0 bridgehead atoms. The minimum Gasteiger partial charge on any atom is -0.368 e. The van der Waals surface area contributed by atoms with Gasteiger partial charge in [-0.25, -0.2) is 15.0 Å². The molecule has 3 rings (SSSR count). The van der Waals surface area contributed by atoms with E-state index in [9.17, 15) is 0 Å². The van der Waals surface area contributed by atoms with E-state index in [0.29, 0.717) is 5.65 Å². The van der Waals surface area contributed by atoms with Crippen LogP contribution in [0.3, 0.4) is 0 Å². The van der Waals surface area contributed by atoms with Crippen molar-refractivity contribution in [2.75, 3.05) is 18.4 Å². The van der Waals surface area contributed by atoms with E-state index in [2.05, 4.69) is 30.6 Å². The first kappa shape index (κ1) is 10.5. The molecule has 0 atom stereocenters. The van der Waals surface area contributed by atoms with Crippen molar-refractivity contribution in [3.05, 3.63) is 12.7 Å². The smallest absolute Gasteiger partial charge is 0.182 e. The molecule has 17 heavy (non-hydrogen) atoms. The largest absolute Gasteiger partial charge is 0.368 e. The predicted molar refractivity (Wildman–Crippen MR) is 65.8 cm³/mol. The molecule has 2 aromatic rings. The fraction of sp³-hybridized carbons (Fsp3) is 0.545. The van der Waals surface area contributed by atoms with Crippen LogP contribution in [-0.4, -0.2) is 39.1 Å². The zero-order valence-electron chi connectivity index (χ0n) is 9.61. The standard InChI is InChI=1S/C11H16N6/c1(4-12-8-2-3-8)5-13-10-9-11(15-6-14-9)17-7-16-10/h6-8,12H,1-5H2,(H2,13,14,15,16,17). The Bertz CT molecular complexity index is 489. The Labute approximate surface area is 99.3 Å². The number of aromatic amines is 1. The molecular formula is C11H16N6. The van der Waals surface area contributed by atoms with E-state index < -0.39 is 0 Å². The van der Waals surface area contributed by atoms with Gasteiger partial charge in [-0.2, -0.15) is 0 Å². The van der Waals surface area contributed by atoms with Crippen molar-refractivity contribution in [1.82, 2.24) is 25.3 Å². The number of aromatic nitrogens is 4. The number of nitrogens with one attached hydrogen (secondary N) is 3. The molecule has 0 saturated heterocycles. The van der Waals surface area contributed by atoms with E-state index in [1.165, 1.54) is 19.2 Å². The molecule has 1 fully saturated rings. The Morgan fingerprint density at radius 2 is 2.18 bits per heavy atom. The van der Waals surface area contributed by atoms with Crippen LogP contribution < -0.4 is 10.6 Å². The summed E-state index contributed by atoms with van der Waals surface area (Å²) in [5.74, 6) is 0.832. The monoisotopic (exact) mass is 232 g/mol. The van der Waals surface area contributed by atoms with Crippen LogP contribution in [0.4, 0.5) is 5.82 Å². The molecule has 90 valence electrons. The molecule has 6 heteroatoms. The first-order chi connectivity index (χ1) is 8.43. The first-order valence-corrected chi connectivity index (χ1v) is 6.05. The summed E-state index contributed by atoms with van der Waals surface area (Å²) in [5.41, 5.74) is 1.58. The summed E-state index contributed by atoms with van der Waals surface area (Å²) in [6.07, 6.45) is 6.95. The molecule has 1 aliphatic rings. The van der Waals surface area contributed by atoms with Crippen molar-refractivity contribution < 1.29 is 0 Å². The average molecular weight is 232 g/mol. The quantitative estimate of drug-likeness (QED) is 0.645. The van der Waals surface area contributed by atoms with Gasteiger partial charge in [0.1, 0.15) is 11.8 Å². The number of imidazole rings is 1. The van der Waals surface area contributed by atoms with Crippen LogP contribution in [0.15, 0.2) is 12.7 Å². The van der Waals surface area contributed by atoms with Crippen molar-refractivity contribution in [3.8, 4) is 0 Å². The summed E-state index contributed by atoms with van der Waals surface area (Å²) in [4.78, 5) is 15.4. The predicted octanol–water partition coefficient (Wildman–Crippen LogP) is 0.907. The highest BCUT2D eigenvalue weighted by atomic mass is 15.1. The highest BCUT2D eigenvalue weighted by Crippen LogP contribution is 2.18. The third-order valence-corrected chi connectivity index (χ3v) is 2.88. The highest BCUT2D eigenvalue weighted by molar-refractivity contribution is 5.81. The van der Waals surface area contributed by atoms with Gasteiger partial charge in [-0.1, -0.05) is 0 Å². The Morgan fingerprint density at radius 3 is 3.06 bits per heavy atom. The lowest BCUT2D eigenvalue weighted by molar-refractivity contribution is 0.658. The molecule has 0 aliphatic heterocycles. The number of nitrogens with zero attached hydrogens (tertiary/aromatic N) is 3. The summed E-state index contributed by atoms with van der Waals surface area (Å²) >= 11 is 0. The molecule has 1 aliphatic carbocycles. The second kappa shape index (κ2) is 4.67. The van der Waals surface area contributed by atoms with Crippen LogP contribution in [0, 0.1) is 0 Å². The normalized spacial score (nSPS) is 15.3. The second-order valence-electron chi connectivity index (χ2n) is 4.33. The molecular weight excluding hydrogens is 216 g/mol. The maximum atomic E-state index is 4.21. The second-order valence-corrected chi connectivity index (χ2v) is 4.33. The van der Waals surface area contributed by atoms with Gasteiger partial charge in [0.25, 0.3) is 0 Å². The number of fused-ring (bicyclic) bond motifs is 1. The fourth-order valence-electron chi connectivity index (χ4n) is 1.79. The van der Waals surface area contributed by atoms with Gasteiger partial charge < -0.3 is 15.6 Å². The molecule has 2 heterocycles. The number of rotatable bonds is 6. The molecule has 0 spiro atoms. The van der Waals surface area contributed by atoms with Gasteiger partial charge >= 0.3 is 0 Å². The first-order valence-electron chi connectivity index (χ1n) is 6.05. The molecule has 6 nitrogen and oxygen atoms in total. The summed E-state index contributed by atoms with van der Waals surface area (Å²) in [6, 6.07) is 0.786. The van der Waals surface area contributed by atoms with Crippen LogP contribution in [0.1, 0.15) is 19.3 Å². The summed E-state index contributed by atoms with van der Waals surface area (Å²) in [6.45, 7) is 1.97. The summed E-state index contributed by atoms with van der Waals surface area (Å²) in [7, 11) is 0. The van der Waals surface area contributed by atoms with Crippen molar-refractivity contribution in [1.29, 1.82) is 0 Å². The lowest BCUT2D eigenvalue weighted by Gasteiger charge is -2.06. The number of hydrogen-bond acceptors (Lipinski definition) is 5. The van der Waals surface area contributed by atoms with Crippen LogP contribution in [0.5, 0.6) is 0 Å². The van der Waals surface area contributed by atoms with Crippen LogP contribution in [0.2, 0.25) is 0 Å². The van der Waals surface area contributed by atoms with Crippen molar-refractivity contribution in [2.45, 2.75) is 25.3 Å². The number of hydrogen-bond donors (Lipinski definition) is 3. The van der Waals surface area contributed by atoms with Gasteiger partial charge in [-0.3, -0.25) is 0 Å². The van der Waals surface area contributed by atoms with E-state index in [4.69, 9.17) is 0 Å². The lowest BCUT2D eigenvalue weighted by Crippen LogP contribution is -2.20. The van der Waals surface area contributed by atoms with E-state index in [1.54, 1.807) is 6.33 Å². The molecule has 2 aromatic heterocycles. The molecule has 0 aromatic carbocycles. The Balaban J connectivity index is 1.51. The van der Waals surface area contributed by atoms with Gasteiger partial charge in [-0.05, 0) is 25.8 Å². The molecule has 1 saturated carbocycles. The SMILES string of the molecule is c1nc(NCCCNC2CC2)c2[nH]cnc2n1. The Kier molecular flexibility index (Phi) is 2.87. The Hall–Kier alpha value is -1.69. The van der Waals surface area contributed by atoms with E-state index in [1.807, 2.05) is 0 Å². The summed E-state index contributed by atoms with van der Waals surface area (Å²) in [5, 5.41) is 6.79. The number of anilines is 1. The van der Waals surface area contributed by atoms with E-state index in [-0.39, 0.29) is 0 Å². The zero-order valence-corrected chi connectivity index (χ0v) is 9.61. The Morgan fingerprint density at radius 1 is 1.24 bits per heavy atom. The van der Waals surface area contributed by atoms with Gasteiger partial charge in [0, 0.05) is 12.6 Å². The highest BCUT2D eigenvalue weighted by Gasteiger charge is 2.19. The van der Waals surface area contributed by atoms with Gasteiger partial charge in [0.05, 0.1) is 6.33 Å². The third-order valence-electron chi connectivity index (χ3n) is 2.88. The lowest BCUT2D eigenvalue weighted by atomic mass is 10.4. The number of H-pyrrole nitrogens is 1. The van der Waals surface area contributed by atoms with Crippen LogP contribution in [0.25, 0.3) is 11.2 Å². The minimum atomic E-state index is 0.707. The van der Waals surface area contributed by atoms with E-state index in [0.717, 1.165) is 36.9 Å². The average Bonchev–Trinajstić information content (AvgIpc) is 3.04. The topological polar surface area (TPSA) is 78.5 Å². The van der Waals surface area contributed by atoms with Gasteiger partial charge in [-0.15, -0.1) is 0 Å². The van der Waals surface area contributed by atoms with Crippen molar-refractivity contribution in [3.63, 3.8) is 0 Å². The van der Waals surface area contributed by atoms with Gasteiger partial charge in [0.15, 0.2) is 11.5 Å². The van der Waals surface area contributed by atoms with Crippen LogP contribution >= 0.6 is 0 Å². The summed E-state index contributed by atoms with van der Waals surface area (Å²) < 4.78 is 0. The van der Waals surface area contributed by atoms with E-state index >= 15 is 0 Å². The fourth-order valence-corrected chi connectivity index (χ4v) is 1.79. The maximum Gasteiger partial charge on any atom is 0.182 e. The molecule has 0 amide bonds. The van der Waals surface area contributed by atoms with Crippen LogP contribution in [-0.2, 0) is 0 Å². The molecule has 0 unspecified atom stereocenters. The van der Waals surface area contributed by atoms with Crippen molar-refractivity contribution >= 4 is 17.0 Å². The molecule has 3 N–H and O–H groups in total. The van der Waals surface area contributed by atoms with Gasteiger partial charge in [0.2, 0.25) is 0 Å². The zero-order chi connectivity index (χ0) is 11.5. The maximum absolute atomic E-state index is 4.21. The molecule has 0 radical (unpaired) electrons. The third kappa shape index (κ3) is 2.52. The minimum absolute atomic E-state index is 0.707.